The van der Waals surface area contributed by atoms with Crippen molar-refractivity contribution < 1.29 is 9.59 Å². The van der Waals surface area contributed by atoms with E-state index in [-0.39, 0.29) is 36.6 Å². The van der Waals surface area contributed by atoms with Crippen molar-refractivity contribution in [3.05, 3.63) is 53.6 Å². The highest BCUT2D eigenvalue weighted by atomic mass is 35.5. The molecule has 2 amide bonds. The zero-order valence-electron chi connectivity index (χ0n) is 16.1. The van der Waals surface area contributed by atoms with Gasteiger partial charge in [0.05, 0.1) is 5.92 Å². The molecule has 28 heavy (non-hydrogen) atoms. The van der Waals surface area contributed by atoms with Crippen LogP contribution in [0.1, 0.15) is 30.9 Å². The van der Waals surface area contributed by atoms with Crippen molar-refractivity contribution in [2.75, 3.05) is 28.6 Å². The second kappa shape index (κ2) is 8.23. The molecule has 2 aromatic carbocycles. The summed E-state index contributed by atoms with van der Waals surface area (Å²) in [5.74, 6) is -0.250. The van der Waals surface area contributed by atoms with Crippen LogP contribution >= 0.6 is 12.4 Å². The molecule has 0 saturated carbocycles. The Balaban J connectivity index is 0.00000225. The zero-order valence-corrected chi connectivity index (χ0v) is 16.9. The van der Waals surface area contributed by atoms with Gasteiger partial charge in [-0.1, -0.05) is 31.2 Å². The van der Waals surface area contributed by atoms with Crippen LogP contribution in [-0.2, 0) is 22.4 Å². The molecule has 0 spiro atoms. The van der Waals surface area contributed by atoms with Crippen molar-refractivity contribution in [2.24, 2.45) is 5.92 Å². The van der Waals surface area contributed by atoms with E-state index in [1.165, 1.54) is 0 Å². The molecule has 0 radical (unpaired) electrons. The number of carbonyl (C=O) groups excluding carboxylic acids is 2. The molecule has 0 aromatic heterocycles. The number of hydrogen-bond acceptors (Lipinski definition) is 3. The quantitative estimate of drug-likeness (QED) is 0.802. The van der Waals surface area contributed by atoms with Gasteiger partial charge in [0.2, 0.25) is 11.8 Å². The van der Waals surface area contributed by atoms with Gasteiger partial charge in [0, 0.05) is 36.6 Å². The molecular formula is C22H26ClN3O2. The fraction of sp³-hybridized carbons (Fsp3) is 0.364. The third-order valence-electron chi connectivity index (χ3n) is 5.69. The van der Waals surface area contributed by atoms with E-state index < -0.39 is 0 Å². The Morgan fingerprint density at radius 3 is 2.68 bits per heavy atom. The van der Waals surface area contributed by atoms with Crippen LogP contribution in [0.3, 0.4) is 0 Å². The van der Waals surface area contributed by atoms with E-state index in [9.17, 15) is 9.59 Å². The van der Waals surface area contributed by atoms with Crippen molar-refractivity contribution >= 4 is 41.3 Å². The van der Waals surface area contributed by atoms with Gasteiger partial charge in [0.25, 0.3) is 0 Å². The minimum Gasteiger partial charge on any atom is -0.398 e. The number of aryl methyl sites for hydroxylation is 1. The van der Waals surface area contributed by atoms with Gasteiger partial charge in [-0.05, 0) is 48.6 Å². The van der Waals surface area contributed by atoms with E-state index in [4.69, 9.17) is 5.73 Å². The molecular weight excluding hydrogens is 374 g/mol. The molecule has 2 N–H and O–H groups in total. The lowest BCUT2D eigenvalue weighted by molar-refractivity contribution is -0.124. The van der Waals surface area contributed by atoms with Crippen LogP contribution in [0.15, 0.2) is 42.5 Å². The number of benzene rings is 2. The third-order valence-corrected chi connectivity index (χ3v) is 5.69. The Bertz CT molecular complexity index is 899. The maximum atomic E-state index is 13.3. The molecule has 2 aromatic rings. The number of fused-ring (bicyclic) bond motifs is 1. The number of rotatable bonds is 3. The second-order valence-electron chi connectivity index (χ2n) is 7.33. The first-order valence-electron chi connectivity index (χ1n) is 9.67. The van der Waals surface area contributed by atoms with E-state index in [1.807, 2.05) is 47.4 Å². The highest BCUT2D eigenvalue weighted by Crippen LogP contribution is 2.35. The summed E-state index contributed by atoms with van der Waals surface area (Å²) in [6.07, 6.45) is 2.92. The van der Waals surface area contributed by atoms with Gasteiger partial charge >= 0.3 is 0 Å². The molecule has 1 unspecified atom stereocenters. The van der Waals surface area contributed by atoms with Gasteiger partial charge in [0.15, 0.2) is 0 Å². The Morgan fingerprint density at radius 1 is 1.14 bits per heavy atom. The molecule has 4 rings (SSSR count). The smallest absolute Gasteiger partial charge is 0.232 e. The number of carbonyl (C=O) groups is 2. The molecule has 2 heterocycles. The summed E-state index contributed by atoms with van der Waals surface area (Å²) in [7, 11) is 0. The van der Waals surface area contributed by atoms with Crippen molar-refractivity contribution in [3.8, 4) is 0 Å². The fourth-order valence-electron chi connectivity index (χ4n) is 4.28. The molecule has 5 nitrogen and oxygen atoms in total. The number of nitrogens with two attached hydrogens (primary N) is 1. The highest BCUT2D eigenvalue weighted by Gasteiger charge is 2.39. The number of amides is 2. The first-order chi connectivity index (χ1) is 13.1. The van der Waals surface area contributed by atoms with Crippen LogP contribution in [0.2, 0.25) is 0 Å². The highest BCUT2D eigenvalue weighted by molar-refractivity contribution is 6.05. The fourth-order valence-corrected chi connectivity index (χ4v) is 4.28. The van der Waals surface area contributed by atoms with Crippen LogP contribution in [0.25, 0.3) is 0 Å². The van der Waals surface area contributed by atoms with Crippen LogP contribution in [0.4, 0.5) is 17.1 Å². The van der Waals surface area contributed by atoms with Crippen molar-refractivity contribution in [1.82, 2.24) is 0 Å². The van der Waals surface area contributed by atoms with Gasteiger partial charge in [-0.15, -0.1) is 12.4 Å². The number of nitrogen functional groups attached to an aromatic ring is 1. The Labute approximate surface area is 171 Å². The molecule has 1 saturated heterocycles. The molecule has 6 heteroatoms. The summed E-state index contributed by atoms with van der Waals surface area (Å²) in [6, 6.07) is 13.7. The molecule has 0 aliphatic carbocycles. The van der Waals surface area contributed by atoms with Gasteiger partial charge in [0.1, 0.15) is 0 Å². The van der Waals surface area contributed by atoms with E-state index in [2.05, 4.69) is 6.92 Å². The number of para-hydroxylation sites is 1. The minimum atomic E-state index is -0.310. The number of anilines is 3. The van der Waals surface area contributed by atoms with Crippen LogP contribution < -0.4 is 15.5 Å². The van der Waals surface area contributed by atoms with E-state index in [0.717, 1.165) is 47.5 Å². The molecule has 2 aliphatic rings. The molecule has 1 atom stereocenters. The monoisotopic (exact) mass is 399 g/mol. The summed E-state index contributed by atoms with van der Waals surface area (Å²) in [4.78, 5) is 29.6. The summed E-state index contributed by atoms with van der Waals surface area (Å²) in [6.45, 7) is 3.21. The summed E-state index contributed by atoms with van der Waals surface area (Å²) in [5, 5.41) is 0. The maximum absolute atomic E-state index is 13.3. The number of nitrogens with zero attached hydrogens (tertiary/aromatic N) is 2. The van der Waals surface area contributed by atoms with Crippen LogP contribution in [-0.4, -0.2) is 24.9 Å². The average molecular weight is 400 g/mol. The molecule has 2 aliphatic heterocycles. The topological polar surface area (TPSA) is 66.6 Å². The third kappa shape index (κ3) is 3.47. The average Bonchev–Trinajstić information content (AvgIpc) is 3.09. The standard InChI is InChI=1S/C22H25N3O2.ClH/c1-2-15-7-3-4-10-19(15)25-14-16(13-21(25)26)22(27)24-12-6-8-17-18(23)9-5-11-20(17)24;/h3-5,7,9-11,16H,2,6,8,12-14,23H2,1H3;1H. The maximum Gasteiger partial charge on any atom is 0.232 e. The summed E-state index contributed by atoms with van der Waals surface area (Å²) >= 11 is 0. The Kier molecular flexibility index (Phi) is 5.94. The molecule has 0 bridgehead atoms. The van der Waals surface area contributed by atoms with Gasteiger partial charge in [-0.25, -0.2) is 0 Å². The molecule has 1 fully saturated rings. The lowest BCUT2D eigenvalue weighted by atomic mass is 9.97. The van der Waals surface area contributed by atoms with Crippen LogP contribution in [0, 0.1) is 5.92 Å². The number of hydrogen-bond donors (Lipinski definition) is 1. The van der Waals surface area contributed by atoms with E-state index >= 15 is 0 Å². The van der Waals surface area contributed by atoms with E-state index in [0.29, 0.717) is 13.1 Å². The second-order valence-corrected chi connectivity index (χ2v) is 7.33. The van der Waals surface area contributed by atoms with Gasteiger partial charge in [-0.3, -0.25) is 9.59 Å². The summed E-state index contributed by atoms with van der Waals surface area (Å²) < 4.78 is 0. The van der Waals surface area contributed by atoms with Crippen molar-refractivity contribution in [1.29, 1.82) is 0 Å². The largest absolute Gasteiger partial charge is 0.398 e. The van der Waals surface area contributed by atoms with Gasteiger partial charge < -0.3 is 15.5 Å². The molecule has 148 valence electrons. The van der Waals surface area contributed by atoms with Gasteiger partial charge in [-0.2, -0.15) is 0 Å². The van der Waals surface area contributed by atoms with Crippen molar-refractivity contribution in [2.45, 2.75) is 32.6 Å². The SMILES string of the molecule is CCc1ccccc1N1CC(C(=O)N2CCCc3c(N)cccc32)CC1=O.Cl. The summed E-state index contributed by atoms with van der Waals surface area (Å²) in [5.41, 5.74) is 10.9. The lowest BCUT2D eigenvalue weighted by Crippen LogP contribution is -2.40. The normalized spacial score (nSPS) is 18.6. The Morgan fingerprint density at radius 2 is 1.89 bits per heavy atom. The first-order valence-corrected chi connectivity index (χ1v) is 9.67. The first kappa shape index (κ1) is 20.2. The van der Waals surface area contributed by atoms with E-state index in [1.54, 1.807) is 4.90 Å². The predicted octanol–water partition coefficient (Wildman–Crippen LogP) is 3.59. The number of halogens is 1. The van der Waals surface area contributed by atoms with Crippen LogP contribution in [0.5, 0.6) is 0 Å². The predicted molar refractivity (Wildman–Crippen MR) is 115 cm³/mol. The minimum absolute atomic E-state index is 0. The lowest BCUT2D eigenvalue weighted by Gasteiger charge is -2.32. The van der Waals surface area contributed by atoms with Crippen molar-refractivity contribution in [3.63, 3.8) is 0 Å². The zero-order chi connectivity index (χ0) is 19.0. The Hall–Kier alpha value is -2.53.